The molecule has 0 aromatic carbocycles. The van der Waals surface area contributed by atoms with Crippen LogP contribution in [0.15, 0.2) is 0 Å². The minimum Gasteiger partial charge on any atom is -0.395 e. The molecule has 1 heterocycles. The van der Waals surface area contributed by atoms with Gasteiger partial charge in [0.1, 0.15) is 0 Å². The highest BCUT2D eigenvalue weighted by atomic mass is 16.3. The van der Waals surface area contributed by atoms with Gasteiger partial charge in [-0.2, -0.15) is 0 Å². The van der Waals surface area contributed by atoms with Crippen LogP contribution in [0.3, 0.4) is 0 Å². The Bertz CT molecular complexity index is 124. The molecule has 1 aliphatic heterocycles. The number of nitrogens with one attached hydrogen (secondary N) is 1. The zero-order valence-electron chi connectivity index (χ0n) is 8.63. The van der Waals surface area contributed by atoms with E-state index in [1.807, 2.05) is 0 Å². The van der Waals surface area contributed by atoms with Crippen LogP contribution in [0.4, 0.5) is 0 Å². The number of aliphatic hydroxyl groups excluding tert-OH is 1. The van der Waals surface area contributed by atoms with E-state index >= 15 is 0 Å². The van der Waals surface area contributed by atoms with Crippen molar-refractivity contribution < 1.29 is 5.11 Å². The Balaban J connectivity index is 2.03. The highest BCUT2D eigenvalue weighted by molar-refractivity contribution is 4.72. The second-order valence-corrected chi connectivity index (χ2v) is 3.96. The third-order valence-corrected chi connectivity index (χ3v) is 2.75. The average Bonchev–Trinajstić information content (AvgIpc) is 2.17. The minimum atomic E-state index is 0.272. The van der Waals surface area contributed by atoms with Gasteiger partial charge in [0.2, 0.25) is 0 Å². The van der Waals surface area contributed by atoms with E-state index in [4.69, 9.17) is 5.11 Å². The molecule has 0 spiro atoms. The fourth-order valence-corrected chi connectivity index (χ4v) is 1.83. The van der Waals surface area contributed by atoms with Crippen LogP contribution in [0.5, 0.6) is 0 Å². The molecule has 0 aromatic heterocycles. The van der Waals surface area contributed by atoms with Crippen molar-refractivity contribution >= 4 is 0 Å². The van der Waals surface area contributed by atoms with Gasteiger partial charge in [-0.25, -0.2) is 0 Å². The SMILES string of the molecule is CN(CCO)CC[C@@H]1CCCCN1. The van der Waals surface area contributed by atoms with E-state index in [1.54, 1.807) is 0 Å². The van der Waals surface area contributed by atoms with Gasteiger partial charge in [-0.15, -0.1) is 0 Å². The summed E-state index contributed by atoms with van der Waals surface area (Å²) in [4.78, 5) is 2.19. The highest BCUT2D eigenvalue weighted by Crippen LogP contribution is 2.09. The summed E-state index contributed by atoms with van der Waals surface area (Å²) in [6.45, 7) is 3.36. The fraction of sp³-hybridized carbons (Fsp3) is 1.00. The molecule has 1 aliphatic rings. The molecule has 2 N–H and O–H groups in total. The number of likely N-dealkylation sites (N-methyl/N-ethyl adjacent to an activating group) is 1. The van der Waals surface area contributed by atoms with Gasteiger partial charge >= 0.3 is 0 Å². The molecule has 0 bridgehead atoms. The summed E-state index contributed by atoms with van der Waals surface area (Å²) >= 11 is 0. The summed E-state index contributed by atoms with van der Waals surface area (Å²) in [5.41, 5.74) is 0. The topological polar surface area (TPSA) is 35.5 Å². The van der Waals surface area contributed by atoms with E-state index in [2.05, 4.69) is 17.3 Å². The van der Waals surface area contributed by atoms with Crippen LogP contribution in [0.25, 0.3) is 0 Å². The second kappa shape index (κ2) is 6.35. The van der Waals surface area contributed by atoms with E-state index in [0.29, 0.717) is 0 Å². The Kier molecular flexibility index (Phi) is 5.35. The Labute approximate surface area is 81.1 Å². The van der Waals surface area contributed by atoms with Crippen LogP contribution in [0, 0.1) is 0 Å². The Hall–Kier alpha value is -0.120. The fourth-order valence-electron chi connectivity index (χ4n) is 1.83. The summed E-state index contributed by atoms with van der Waals surface area (Å²) in [5, 5.41) is 12.2. The van der Waals surface area contributed by atoms with E-state index in [1.165, 1.54) is 32.2 Å². The first-order valence-electron chi connectivity index (χ1n) is 5.35. The maximum Gasteiger partial charge on any atom is 0.0558 e. The average molecular weight is 186 g/mol. The van der Waals surface area contributed by atoms with Gasteiger partial charge in [0, 0.05) is 12.6 Å². The van der Waals surface area contributed by atoms with E-state index in [-0.39, 0.29) is 6.61 Å². The van der Waals surface area contributed by atoms with Gasteiger partial charge < -0.3 is 15.3 Å². The molecule has 0 amide bonds. The maximum absolute atomic E-state index is 8.72. The summed E-state index contributed by atoms with van der Waals surface area (Å²) < 4.78 is 0. The van der Waals surface area contributed by atoms with Crippen LogP contribution in [0.1, 0.15) is 25.7 Å². The number of piperidine rings is 1. The molecule has 0 unspecified atom stereocenters. The van der Waals surface area contributed by atoms with Crippen molar-refractivity contribution in [2.45, 2.75) is 31.7 Å². The van der Waals surface area contributed by atoms with Crippen molar-refractivity contribution in [3.63, 3.8) is 0 Å². The maximum atomic E-state index is 8.72. The van der Waals surface area contributed by atoms with Crippen molar-refractivity contribution in [2.75, 3.05) is 33.3 Å². The molecule has 3 heteroatoms. The predicted octanol–water partition coefficient (Wildman–Crippen LogP) is 0.443. The summed E-state index contributed by atoms with van der Waals surface area (Å²) in [6, 6.07) is 0.717. The lowest BCUT2D eigenvalue weighted by atomic mass is 10.0. The van der Waals surface area contributed by atoms with Gasteiger partial charge in [-0.3, -0.25) is 0 Å². The second-order valence-electron chi connectivity index (χ2n) is 3.96. The number of nitrogens with zero attached hydrogens (tertiary/aromatic N) is 1. The molecule has 0 aliphatic carbocycles. The van der Waals surface area contributed by atoms with E-state index in [9.17, 15) is 0 Å². The van der Waals surface area contributed by atoms with Gasteiger partial charge in [0.15, 0.2) is 0 Å². The molecule has 1 rings (SSSR count). The standard InChI is InChI=1S/C10H22N2O/c1-12(8-9-13)7-5-10-4-2-3-6-11-10/h10-11,13H,2-9H2,1H3/t10-/m0/s1. The largest absolute Gasteiger partial charge is 0.395 e. The van der Waals surface area contributed by atoms with Crippen LogP contribution < -0.4 is 5.32 Å². The lowest BCUT2D eigenvalue weighted by Gasteiger charge is -2.25. The van der Waals surface area contributed by atoms with Gasteiger partial charge in [0.05, 0.1) is 6.61 Å². The zero-order chi connectivity index (χ0) is 9.52. The first-order chi connectivity index (χ1) is 6.33. The third-order valence-electron chi connectivity index (χ3n) is 2.75. The van der Waals surface area contributed by atoms with E-state index < -0.39 is 0 Å². The van der Waals surface area contributed by atoms with Crippen molar-refractivity contribution in [3.05, 3.63) is 0 Å². The molecule has 0 saturated carbocycles. The van der Waals surface area contributed by atoms with Crippen molar-refractivity contribution in [1.29, 1.82) is 0 Å². The number of hydrogen-bond donors (Lipinski definition) is 2. The molecular weight excluding hydrogens is 164 g/mol. The van der Waals surface area contributed by atoms with Crippen LogP contribution in [-0.4, -0.2) is 49.3 Å². The van der Waals surface area contributed by atoms with Crippen molar-refractivity contribution in [1.82, 2.24) is 10.2 Å². The minimum absolute atomic E-state index is 0.272. The number of rotatable bonds is 5. The van der Waals surface area contributed by atoms with Crippen LogP contribution >= 0.6 is 0 Å². The smallest absolute Gasteiger partial charge is 0.0558 e. The monoisotopic (exact) mass is 186 g/mol. The van der Waals surface area contributed by atoms with Gasteiger partial charge in [-0.05, 0) is 39.4 Å². The molecule has 0 radical (unpaired) electrons. The van der Waals surface area contributed by atoms with Crippen molar-refractivity contribution in [3.8, 4) is 0 Å². The molecular formula is C10H22N2O. The highest BCUT2D eigenvalue weighted by Gasteiger charge is 2.12. The molecule has 3 nitrogen and oxygen atoms in total. The quantitative estimate of drug-likeness (QED) is 0.654. The first-order valence-corrected chi connectivity index (χ1v) is 5.35. The molecule has 0 aromatic rings. The zero-order valence-corrected chi connectivity index (χ0v) is 8.63. The summed E-state index contributed by atoms with van der Waals surface area (Å²) in [7, 11) is 2.07. The molecule has 13 heavy (non-hydrogen) atoms. The Morgan fingerprint density at radius 2 is 2.23 bits per heavy atom. The Morgan fingerprint density at radius 3 is 2.85 bits per heavy atom. The number of hydrogen-bond acceptors (Lipinski definition) is 3. The van der Waals surface area contributed by atoms with Gasteiger partial charge in [-0.1, -0.05) is 6.42 Å². The molecule has 1 atom stereocenters. The lowest BCUT2D eigenvalue weighted by molar-refractivity contribution is 0.211. The Morgan fingerprint density at radius 1 is 1.38 bits per heavy atom. The molecule has 78 valence electrons. The normalized spacial score (nSPS) is 23.8. The van der Waals surface area contributed by atoms with Crippen LogP contribution in [0.2, 0.25) is 0 Å². The number of aliphatic hydroxyl groups is 1. The molecule has 1 fully saturated rings. The summed E-state index contributed by atoms with van der Waals surface area (Å²) in [5.74, 6) is 0. The predicted molar refractivity (Wildman–Crippen MR) is 54.8 cm³/mol. The first kappa shape index (κ1) is 11.0. The molecule has 1 saturated heterocycles. The van der Waals surface area contributed by atoms with Crippen LogP contribution in [-0.2, 0) is 0 Å². The summed E-state index contributed by atoms with van der Waals surface area (Å²) in [6.07, 6.45) is 5.26. The lowest BCUT2D eigenvalue weighted by Crippen LogP contribution is -2.37. The van der Waals surface area contributed by atoms with E-state index in [0.717, 1.165) is 19.1 Å². The van der Waals surface area contributed by atoms with Crippen molar-refractivity contribution in [2.24, 2.45) is 0 Å². The van der Waals surface area contributed by atoms with Gasteiger partial charge in [0.25, 0.3) is 0 Å². The third kappa shape index (κ3) is 4.60.